The van der Waals surface area contributed by atoms with Crippen LogP contribution in [0.3, 0.4) is 0 Å². The molecule has 5 atom stereocenters. The molecule has 12 heteroatoms. The number of fused-ring (bicyclic) bond motifs is 2. The summed E-state index contributed by atoms with van der Waals surface area (Å²) in [5.74, 6) is 0.332. The van der Waals surface area contributed by atoms with Crippen LogP contribution in [0.1, 0.15) is 37.3 Å². The van der Waals surface area contributed by atoms with Gasteiger partial charge in [-0.05, 0) is 66.4 Å². The molecule has 1 spiro atoms. The first kappa shape index (κ1) is 34.7. The number of benzene rings is 3. The number of hydrogen-bond acceptors (Lipinski definition) is 7. The lowest BCUT2D eigenvalue weighted by molar-refractivity contribution is -0.150. The van der Waals surface area contributed by atoms with Gasteiger partial charge in [0.05, 0.1) is 59.1 Å². The fraction of sp³-hybridized carbons (Fsp3) is 0.447. The maximum Gasteiger partial charge on any atom is 0.414 e. The van der Waals surface area contributed by atoms with Crippen molar-refractivity contribution in [3.8, 4) is 5.75 Å². The van der Waals surface area contributed by atoms with E-state index < -0.39 is 19.8 Å². The zero-order valence-corrected chi connectivity index (χ0v) is 31.5. The molecular formula is C38H44BrN3O7Si. The molecule has 10 nitrogen and oxygen atoms in total. The van der Waals surface area contributed by atoms with Crippen molar-refractivity contribution in [2.45, 2.75) is 69.1 Å². The van der Waals surface area contributed by atoms with Crippen molar-refractivity contribution < 1.29 is 33.7 Å². The van der Waals surface area contributed by atoms with Crippen molar-refractivity contribution in [1.82, 2.24) is 4.90 Å². The smallest absolute Gasteiger partial charge is 0.414 e. The third-order valence-electron chi connectivity index (χ3n) is 11.4. The van der Waals surface area contributed by atoms with E-state index in [1.54, 1.807) is 16.9 Å². The van der Waals surface area contributed by atoms with Crippen LogP contribution in [0.15, 0.2) is 71.2 Å². The predicted molar refractivity (Wildman–Crippen MR) is 196 cm³/mol. The van der Waals surface area contributed by atoms with E-state index in [0.29, 0.717) is 26.2 Å². The number of aliphatic hydroxyl groups excluding tert-OH is 1. The first-order valence-electron chi connectivity index (χ1n) is 17.4. The van der Waals surface area contributed by atoms with Gasteiger partial charge in [-0.15, -0.1) is 0 Å². The lowest BCUT2D eigenvalue weighted by Gasteiger charge is -2.37. The number of amides is 3. The molecule has 7 rings (SSSR count). The molecule has 0 radical (unpaired) electrons. The van der Waals surface area contributed by atoms with E-state index >= 15 is 4.79 Å². The second-order valence-electron chi connectivity index (χ2n) is 14.4. The summed E-state index contributed by atoms with van der Waals surface area (Å²) in [7, 11) is -0.793. The highest BCUT2D eigenvalue weighted by Crippen LogP contribution is 2.60. The predicted octanol–water partition coefficient (Wildman–Crippen LogP) is 5.55. The molecular weight excluding hydrogens is 718 g/mol. The number of halogens is 1. The van der Waals surface area contributed by atoms with E-state index in [0.717, 1.165) is 45.6 Å². The summed E-state index contributed by atoms with van der Waals surface area (Å²) in [6, 6.07) is 21.5. The number of hydrogen-bond donors (Lipinski definition) is 1. The van der Waals surface area contributed by atoms with E-state index in [-0.39, 0.29) is 48.4 Å². The standard InChI is InChI=1S/C38H44BrN3O7Si/c1-24-35(50(3,4)30-14-12-29(47-2)13-15-30)33(21-34(44)40-17-5-6-28(40)23-43)49-38(24)31-20-26(39)9-16-32(31)42(36(38)45)22-25-7-10-27(11-8-25)41-18-19-48-37(41)46/h7-16,20,24,28,33,35,43H,5-6,17-19,21-23H2,1-4H3/t24-,28-,33+,35-,38+/m0/s1. The summed E-state index contributed by atoms with van der Waals surface area (Å²) >= 11 is 3.67. The number of carbonyl (C=O) groups is 3. The molecule has 4 heterocycles. The Labute approximate surface area is 302 Å². The number of methoxy groups -OCH3 is 1. The van der Waals surface area contributed by atoms with Gasteiger partial charge in [-0.25, -0.2) is 4.79 Å². The average Bonchev–Trinajstić information content (AvgIpc) is 3.88. The van der Waals surface area contributed by atoms with Crippen LogP contribution in [0.2, 0.25) is 18.6 Å². The first-order chi connectivity index (χ1) is 24.0. The van der Waals surface area contributed by atoms with E-state index in [1.165, 1.54) is 5.19 Å². The minimum Gasteiger partial charge on any atom is -0.497 e. The van der Waals surface area contributed by atoms with Crippen LogP contribution >= 0.6 is 15.9 Å². The van der Waals surface area contributed by atoms with Crippen LogP contribution in [-0.4, -0.2) is 81.5 Å². The third kappa shape index (κ3) is 5.74. The molecule has 3 saturated heterocycles. The maximum absolute atomic E-state index is 15.1. The SMILES string of the molecule is COc1ccc([Si](C)(C)[C@@H]2[C@@H](CC(=O)N3CCC[C@H]3CO)O[C@]3(C(=O)N(Cc4ccc(N5CCOC5=O)cc4)c4ccc(Br)cc43)[C@H]2C)cc1. The molecule has 0 aliphatic carbocycles. The van der Waals surface area contributed by atoms with E-state index in [2.05, 4.69) is 48.1 Å². The van der Waals surface area contributed by atoms with Crippen molar-refractivity contribution in [1.29, 1.82) is 0 Å². The van der Waals surface area contributed by atoms with Gasteiger partial charge in [0, 0.05) is 28.2 Å². The Morgan fingerprint density at radius 2 is 1.80 bits per heavy atom. The second kappa shape index (κ2) is 13.4. The van der Waals surface area contributed by atoms with Gasteiger partial charge in [0.2, 0.25) is 5.91 Å². The van der Waals surface area contributed by atoms with Gasteiger partial charge in [0.25, 0.3) is 5.91 Å². The Morgan fingerprint density at radius 1 is 1.06 bits per heavy atom. The molecule has 264 valence electrons. The molecule has 50 heavy (non-hydrogen) atoms. The summed E-state index contributed by atoms with van der Waals surface area (Å²) in [6.45, 7) is 8.46. The summed E-state index contributed by atoms with van der Waals surface area (Å²) in [5, 5.41) is 11.2. The summed E-state index contributed by atoms with van der Waals surface area (Å²) < 4.78 is 18.6. The Morgan fingerprint density at radius 3 is 2.46 bits per heavy atom. The normalized spacial score (nSPS) is 26.2. The Balaban J connectivity index is 1.26. The van der Waals surface area contributed by atoms with Crippen molar-refractivity contribution in [2.24, 2.45) is 5.92 Å². The van der Waals surface area contributed by atoms with Crippen LogP contribution < -0.4 is 19.7 Å². The number of aliphatic hydroxyl groups is 1. The van der Waals surface area contributed by atoms with Gasteiger partial charge in [-0.2, -0.15) is 0 Å². The third-order valence-corrected chi connectivity index (χ3v) is 16.3. The molecule has 0 bridgehead atoms. The molecule has 0 unspecified atom stereocenters. The first-order valence-corrected chi connectivity index (χ1v) is 21.2. The number of carbonyl (C=O) groups excluding carboxylic acids is 3. The van der Waals surface area contributed by atoms with Crippen LogP contribution in [0.4, 0.5) is 16.2 Å². The van der Waals surface area contributed by atoms with Gasteiger partial charge in [0.15, 0.2) is 5.60 Å². The quantitative estimate of drug-likeness (QED) is 0.285. The maximum atomic E-state index is 15.1. The van der Waals surface area contributed by atoms with E-state index in [4.69, 9.17) is 14.2 Å². The highest BCUT2D eigenvalue weighted by Gasteiger charge is 2.66. The summed E-state index contributed by atoms with van der Waals surface area (Å²) in [5.41, 5.74) is 1.85. The summed E-state index contributed by atoms with van der Waals surface area (Å²) in [6.07, 6.45) is 0.896. The zero-order valence-electron chi connectivity index (χ0n) is 28.9. The van der Waals surface area contributed by atoms with Crippen LogP contribution in [0.25, 0.3) is 0 Å². The molecule has 0 saturated carbocycles. The average molecular weight is 763 g/mol. The molecule has 4 aliphatic heterocycles. The lowest BCUT2D eigenvalue weighted by Crippen LogP contribution is -2.52. The number of nitrogens with zero attached hydrogens (tertiary/aromatic N) is 3. The molecule has 4 aliphatic rings. The van der Waals surface area contributed by atoms with Gasteiger partial charge >= 0.3 is 6.09 Å². The highest BCUT2D eigenvalue weighted by molar-refractivity contribution is 9.10. The Hall–Kier alpha value is -3.71. The molecule has 3 fully saturated rings. The molecule has 3 aromatic rings. The van der Waals surface area contributed by atoms with Gasteiger partial charge in [-0.3, -0.25) is 14.5 Å². The van der Waals surface area contributed by atoms with Crippen LogP contribution in [0, 0.1) is 5.92 Å². The zero-order chi connectivity index (χ0) is 35.4. The van der Waals surface area contributed by atoms with Crippen LogP contribution in [0.5, 0.6) is 5.75 Å². The van der Waals surface area contributed by atoms with Gasteiger partial charge in [-0.1, -0.05) is 65.4 Å². The minimum atomic E-state index is -2.44. The molecule has 0 aromatic heterocycles. The fourth-order valence-electron chi connectivity index (χ4n) is 8.88. The van der Waals surface area contributed by atoms with Crippen molar-refractivity contribution >= 4 is 58.5 Å². The number of anilines is 2. The largest absolute Gasteiger partial charge is 0.497 e. The van der Waals surface area contributed by atoms with Crippen molar-refractivity contribution in [2.75, 3.05) is 43.2 Å². The summed E-state index contributed by atoms with van der Waals surface area (Å²) in [4.78, 5) is 46.4. The fourth-order valence-corrected chi connectivity index (χ4v) is 13.2. The van der Waals surface area contributed by atoms with Gasteiger partial charge in [0.1, 0.15) is 12.4 Å². The lowest BCUT2D eigenvalue weighted by atomic mass is 9.82. The van der Waals surface area contributed by atoms with Crippen molar-refractivity contribution in [3.63, 3.8) is 0 Å². The highest BCUT2D eigenvalue weighted by atomic mass is 79.9. The van der Waals surface area contributed by atoms with Crippen molar-refractivity contribution in [3.05, 3.63) is 82.3 Å². The molecule has 3 aromatic carbocycles. The van der Waals surface area contributed by atoms with Gasteiger partial charge < -0.3 is 29.1 Å². The molecule has 1 N–H and O–H groups in total. The van der Waals surface area contributed by atoms with E-state index in [1.807, 2.05) is 59.5 Å². The molecule has 3 amide bonds. The number of ether oxygens (including phenoxy) is 3. The topological polar surface area (TPSA) is 109 Å². The minimum absolute atomic E-state index is 0.0425. The Bertz CT molecular complexity index is 1790. The van der Waals surface area contributed by atoms with Crippen LogP contribution in [-0.2, 0) is 31.2 Å². The number of likely N-dealkylation sites (tertiary alicyclic amines) is 1. The second-order valence-corrected chi connectivity index (χ2v) is 20.0. The number of cyclic esters (lactones) is 1. The number of rotatable bonds is 9. The Kier molecular flexibility index (Phi) is 9.34. The monoisotopic (exact) mass is 761 g/mol. The van der Waals surface area contributed by atoms with E-state index in [9.17, 15) is 14.7 Å².